The Morgan fingerprint density at radius 3 is 2.21 bits per heavy atom. The van der Waals surface area contributed by atoms with E-state index in [1.165, 1.54) is 26.9 Å². The molecule has 0 fully saturated rings. The standard InChI is InChI=1S/C28H17N3O.Zn/c32-24-9-2-1-7-21(24)27-30-22-8-4-16-29-28(22)31(27)23-15-13-19-11-10-17-5-3-6-18-12-14-20(23)26(19)25(17)18;/h1-16,32H;. The molecule has 2 aromatic heterocycles. The van der Waals surface area contributed by atoms with E-state index < -0.39 is 0 Å². The van der Waals surface area contributed by atoms with Gasteiger partial charge in [0, 0.05) is 31.1 Å². The molecule has 0 aliphatic carbocycles. The van der Waals surface area contributed by atoms with Gasteiger partial charge in [0.25, 0.3) is 0 Å². The predicted octanol–water partition coefficient (Wildman–Crippen LogP) is 6.69. The van der Waals surface area contributed by atoms with Gasteiger partial charge in [-0.2, -0.15) is 0 Å². The van der Waals surface area contributed by atoms with Crippen LogP contribution in [0.1, 0.15) is 0 Å². The van der Waals surface area contributed by atoms with Crippen molar-refractivity contribution in [3.63, 3.8) is 0 Å². The van der Waals surface area contributed by atoms with Crippen LogP contribution in [0.15, 0.2) is 97.2 Å². The van der Waals surface area contributed by atoms with Gasteiger partial charge in [0.2, 0.25) is 0 Å². The molecule has 4 nitrogen and oxygen atoms in total. The van der Waals surface area contributed by atoms with Crippen LogP contribution in [0.5, 0.6) is 5.75 Å². The minimum Gasteiger partial charge on any atom is -0.507 e. The number of aromatic nitrogens is 3. The van der Waals surface area contributed by atoms with Crippen molar-refractivity contribution in [1.82, 2.24) is 14.5 Å². The van der Waals surface area contributed by atoms with Gasteiger partial charge in [-0.15, -0.1) is 0 Å². The summed E-state index contributed by atoms with van der Waals surface area (Å²) in [6.07, 6.45) is 1.78. The predicted molar refractivity (Wildman–Crippen MR) is 130 cm³/mol. The van der Waals surface area contributed by atoms with Gasteiger partial charge in [-0.25, -0.2) is 9.97 Å². The summed E-state index contributed by atoms with van der Waals surface area (Å²) in [5.74, 6) is 0.869. The van der Waals surface area contributed by atoms with Gasteiger partial charge < -0.3 is 5.11 Å². The van der Waals surface area contributed by atoms with E-state index in [-0.39, 0.29) is 25.2 Å². The quantitative estimate of drug-likeness (QED) is 0.223. The summed E-state index contributed by atoms with van der Waals surface area (Å²) in [7, 11) is 0. The molecule has 0 spiro atoms. The average Bonchev–Trinajstić information content (AvgIpc) is 3.22. The van der Waals surface area contributed by atoms with Crippen LogP contribution in [0.4, 0.5) is 0 Å². The number of fused-ring (bicyclic) bond motifs is 1. The van der Waals surface area contributed by atoms with E-state index in [2.05, 4.69) is 64.1 Å². The van der Waals surface area contributed by atoms with Crippen molar-refractivity contribution in [3.8, 4) is 22.8 Å². The zero-order valence-electron chi connectivity index (χ0n) is 17.7. The fourth-order valence-corrected chi connectivity index (χ4v) is 4.90. The number of para-hydroxylation sites is 1. The number of hydrogen-bond acceptors (Lipinski definition) is 3. The molecule has 0 unspecified atom stereocenters. The second-order valence-electron chi connectivity index (χ2n) is 8.07. The largest absolute Gasteiger partial charge is 0.507 e. The molecule has 0 saturated heterocycles. The Balaban J connectivity index is 0.00000206. The third-order valence-electron chi connectivity index (χ3n) is 6.31. The van der Waals surface area contributed by atoms with Crippen LogP contribution in [0.3, 0.4) is 0 Å². The average molecular weight is 477 g/mol. The van der Waals surface area contributed by atoms with Gasteiger partial charge in [0.15, 0.2) is 11.5 Å². The van der Waals surface area contributed by atoms with Gasteiger partial charge in [-0.1, -0.05) is 60.7 Å². The van der Waals surface area contributed by atoms with Crippen LogP contribution in [0.2, 0.25) is 0 Å². The fourth-order valence-electron chi connectivity index (χ4n) is 4.90. The van der Waals surface area contributed by atoms with E-state index in [0.717, 1.165) is 22.2 Å². The molecule has 33 heavy (non-hydrogen) atoms. The molecule has 2 heterocycles. The second kappa shape index (κ2) is 7.36. The molecule has 7 aromatic rings. The summed E-state index contributed by atoms with van der Waals surface area (Å²) < 4.78 is 2.07. The Kier molecular flexibility index (Phi) is 4.43. The first-order valence-corrected chi connectivity index (χ1v) is 10.6. The van der Waals surface area contributed by atoms with Crippen molar-refractivity contribution in [2.24, 2.45) is 0 Å². The molecule has 5 aromatic carbocycles. The summed E-state index contributed by atoms with van der Waals surface area (Å²) in [5, 5.41) is 17.9. The molecule has 0 aliphatic heterocycles. The Labute approximate surface area is 202 Å². The first-order valence-electron chi connectivity index (χ1n) is 10.6. The van der Waals surface area contributed by atoms with Gasteiger partial charge in [-0.05, 0) is 57.3 Å². The number of pyridine rings is 1. The molecule has 152 valence electrons. The molecule has 0 bridgehead atoms. The van der Waals surface area contributed by atoms with Crippen molar-refractivity contribution in [3.05, 3.63) is 97.2 Å². The number of rotatable bonds is 2. The molecule has 7 rings (SSSR count). The van der Waals surface area contributed by atoms with Crippen LogP contribution < -0.4 is 0 Å². The topological polar surface area (TPSA) is 50.9 Å². The SMILES string of the molecule is Oc1ccccc1-c1nc2cccnc2n1-c1ccc2ccc3cccc4ccc1c2c34.[Zn]. The van der Waals surface area contributed by atoms with Gasteiger partial charge in [0.05, 0.1) is 11.3 Å². The normalized spacial score (nSPS) is 11.5. The summed E-state index contributed by atoms with van der Waals surface area (Å²) in [6.45, 7) is 0. The van der Waals surface area contributed by atoms with Crippen LogP contribution in [0.25, 0.3) is 60.6 Å². The number of benzene rings is 5. The second-order valence-corrected chi connectivity index (χ2v) is 8.07. The van der Waals surface area contributed by atoms with Crippen LogP contribution in [0, 0.1) is 0 Å². The molecule has 0 saturated carbocycles. The number of nitrogens with zero attached hydrogens (tertiary/aromatic N) is 3. The Hall–Kier alpha value is -3.82. The molecular weight excluding hydrogens is 460 g/mol. The van der Waals surface area contributed by atoms with Crippen molar-refractivity contribution in [2.45, 2.75) is 0 Å². The van der Waals surface area contributed by atoms with Crippen LogP contribution >= 0.6 is 0 Å². The number of phenols is 1. The molecule has 1 N–H and O–H groups in total. The molecule has 0 radical (unpaired) electrons. The fraction of sp³-hybridized carbons (Fsp3) is 0. The summed E-state index contributed by atoms with van der Waals surface area (Å²) in [5.41, 5.74) is 3.23. The number of imidazole rings is 1. The zero-order valence-corrected chi connectivity index (χ0v) is 20.7. The first kappa shape index (κ1) is 19.8. The number of phenolic OH excluding ortho intramolecular Hbond substituents is 1. The van der Waals surface area contributed by atoms with Gasteiger partial charge in [0.1, 0.15) is 11.3 Å². The van der Waals surface area contributed by atoms with Crippen LogP contribution in [-0.4, -0.2) is 19.6 Å². The van der Waals surface area contributed by atoms with E-state index in [1.807, 2.05) is 30.3 Å². The van der Waals surface area contributed by atoms with Gasteiger partial charge >= 0.3 is 0 Å². The van der Waals surface area contributed by atoms with Crippen LogP contribution in [-0.2, 0) is 19.5 Å². The van der Waals surface area contributed by atoms with E-state index in [4.69, 9.17) is 4.98 Å². The minimum absolute atomic E-state index is 0. The van der Waals surface area contributed by atoms with E-state index in [9.17, 15) is 5.11 Å². The molecule has 0 amide bonds. The Morgan fingerprint density at radius 2 is 1.39 bits per heavy atom. The maximum absolute atomic E-state index is 10.6. The van der Waals surface area contributed by atoms with E-state index in [1.54, 1.807) is 12.3 Å². The monoisotopic (exact) mass is 475 g/mol. The van der Waals surface area contributed by atoms with Crippen molar-refractivity contribution < 1.29 is 24.6 Å². The number of aromatic hydroxyl groups is 1. The third kappa shape index (κ3) is 2.79. The first-order chi connectivity index (χ1) is 15.8. The number of hydrogen-bond donors (Lipinski definition) is 1. The summed E-state index contributed by atoms with van der Waals surface area (Å²) in [6, 6.07) is 30.6. The summed E-state index contributed by atoms with van der Waals surface area (Å²) in [4.78, 5) is 9.53. The van der Waals surface area contributed by atoms with E-state index >= 15 is 0 Å². The molecular formula is C28H17N3OZn. The summed E-state index contributed by atoms with van der Waals surface area (Å²) >= 11 is 0. The van der Waals surface area contributed by atoms with Crippen molar-refractivity contribution in [2.75, 3.05) is 0 Å². The minimum atomic E-state index is 0. The maximum Gasteiger partial charge on any atom is 0.164 e. The maximum atomic E-state index is 10.6. The van der Waals surface area contributed by atoms with E-state index in [0.29, 0.717) is 11.4 Å². The molecule has 5 heteroatoms. The molecule has 0 atom stereocenters. The Bertz CT molecular complexity index is 1790. The van der Waals surface area contributed by atoms with Gasteiger partial charge in [-0.3, -0.25) is 4.57 Å². The smallest absolute Gasteiger partial charge is 0.164 e. The zero-order chi connectivity index (χ0) is 21.2. The molecule has 0 aliphatic rings. The van der Waals surface area contributed by atoms with Crippen molar-refractivity contribution in [1.29, 1.82) is 0 Å². The van der Waals surface area contributed by atoms with Crippen molar-refractivity contribution >= 4 is 43.5 Å². The Morgan fingerprint density at radius 1 is 0.667 bits per heavy atom. The third-order valence-corrected chi connectivity index (χ3v) is 6.31.